The van der Waals surface area contributed by atoms with E-state index in [-0.39, 0.29) is 17.5 Å². The maximum absolute atomic E-state index is 15.1. The highest BCUT2D eigenvalue weighted by molar-refractivity contribution is 5.64. The average Bonchev–Trinajstić information content (AvgIpc) is 3.19. The van der Waals surface area contributed by atoms with Crippen molar-refractivity contribution >= 4 is 5.69 Å². The van der Waals surface area contributed by atoms with Gasteiger partial charge in [-0.3, -0.25) is 0 Å². The molecule has 2 aliphatic carbocycles. The minimum Gasteiger partial charge on any atom is -0.512 e. The second-order valence-corrected chi connectivity index (χ2v) is 10.9. The number of benzene rings is 2. The Kier molecular flexibility index (Phi) is 11.3. The summed E-state index contributed by atoms with van der Waals surface area (Å²) < 4.78 is 37.3. The van der Waals surface area contributed by atoms with E-state index in [1.54, 1.807) is 33.5 Å². The van der Waals surface area contributed by atoms with E-state index in [0.717, 1.165) is 43.6 Å². The molecule has 0 aromatic heterocycles. The third-order valence-electron chi connectivity index (χ3n) is 8.10. The number of halogens is 1. The van der Waals surface area contributed by atoms with E-state index >= 15 is 4.39 Å². The first-order valence-corrected chi connectivity index (χ1v) is 14.7. The van der Waals surface area contributed by atoms with Crippen LogP contribution < -0.4 is 19.1 Å². The minimum atomic E-state index is -0.362. The predicted molar refractivity (Wildman–Crippen MR) is 166 cm³/mol. The molecule has 42 heavy (non-hydrogen) atoms. The van der Waals surface area contributed by atoms with E-state index in [2.05, 4.69) is 28.9 Å². The fraction of sp³-hybridized carbons (Fsp3) is 0.471. The highest BCUT2D eigenvalue weighted by Crippen LogP contribution is 2.46. The molecule has 7 nitrogen and oxygen atoms in total. The highest BCUT2D eigenvalue weighted by Gasteiger charge is 2.27. The second kappa shape index (κ2) is 15.1. The summed E-state index contributed by atoms with van der Waals surface area (Å²) in [5.74, 6) is 1.94. The van der Waals surface area contributed by atoms with Crippen LogP contribution >= 0.6 is 0 Å². The van der Waals surface area contributed by atoms with Crippen molar-refractivity contribution < 1.29 is 28.4 Å². The van der Waals surface area contributed by atoms with Gasteiger partial charge in [-0.2, -0.15) is 0 Å². The maximum Gasteiger partial charge on any atom is 0.165 e. The number of nitrogens with zero attached hydrogens (tertiary/aromatic N) is 2. The molecule has 2 aromatic carbocycles. The first-order chi connectivity index (χ1) is 20.4. The van der Waals surface area contributed by atoms with E-state index in [9.17, 15) is 5.11 Å². The van der Waals surface area contributed by atoms with Gasteiger partial charge in [0.15, 0.2) is 23.1 Å². The molecule has 0 amide bonds. The van der Waals surface area contributed by atoms with Gasteiger partial charge in [-0.1, -0.05) is 18.2 Å². The molecule has 2 aromatic rings. The molecular weight excluding hydrogens is 535 g/mol. The topological polar surface area (TPSA) is 63.6 Å². The Bertz CT molecular complexity index is 1310. The molecule has 0 bridgehead atoms. The van der Waals surface area contributed by atoms with Crippen LogP contribution in [0.2, 0.25) is 0 Å². The Labute approximate surface area is 249 Å². The molecule has 0 saturated carbocycles. The number of hydrogen-bond donors (Lipinski definition) is 1. The molecule has 4 rings (SSSR count). The number of hydrogen-bond acceptors (Lipinski definition) is 7. The maximum atomic E-state index is 15.1. The zero-order chi connectivity index (χ0) is 30.1. The van der Waals surface area contributed by atoms with Crippen LogP contribution in [0.3, 0.4) is 0 Å². The molecule has 1 atom stereocenters. The molecule has 0 fully saturated rings. The normalized spacial score (nSPS) is 16.6. The van der Waals surface area contributed by atoms with Gasteiger partial charge in [0, 0.05) is 51.5 Å². The second-order valence-electron chi connectivity index (χ2n) is 10.9. The van der Waals surface area contributed by atoms with E-state index in [4.69, 9.17) is 18.9 Å². The summed E-state index contributed by atoms with van der Waals surface area (Å²) in [6.45, 7) is 5.90. The van der Waals surface area contributed by atoms with E-state index in [1.807, 2.05) is 31.3 Å². The Morgan fingerprint density at radius 3 is 2.45 bits per heavy atom. The summed E-state index contributed by atoms with van der Waals surface area (Å²) >= 11 is 0. The van der Waals surface area contributed by atoms with Gasteiger partial charge in [0.1, 0.15) is 6.61 Å². The lowest BCUT2D eigenvalue weighted by molar-refractivity contribution is 0.149. The van der Waals surface area contributed by atoms with E-state index in [0.29, 0.717) is 50.0 Å². The zero-order valence-electron chi connectivity index (χ0n) is 25.6. The molecule has 228 valence electrons. The van der Waals surface area contributed by atoms with Crippen molar-refractivity contribution in [3.8, 4) is 17.2 Å². The smallest absolute Gasteiger partial charge is 0.165 e. The third-order valence-corrected chi connectivity index (χ3v) is 8.10. The minimum absolute atomic E-state index is 0.261. The molecule has 0 saturated heterocycles. The van der Waals surface area contributed by atoms with Crippen LogP contribution in [0.1, 0.15) is 49.7 Å². The summed E-state index contributed by atoms with van der Waals surface area (Å²) in [6.07, 6.45) is 9.41. The molecule has 0 spiro atoms. The molecule has 0 heterocycles. The van der Waals surface area contributed by atoms with Gasteiger partial charge in [-0.05, 0) is 85.7 Å². The average molecular weight is 581 g/mol. The van der Waals surface area contributed by atoms with Crippen LogP contribution in [-0.4, -0.2) is 71.2 Å². The number of ether oxygens (including phenoxy) is 4. The van der Waals surface area contributed by atoms with Crippen LogP contribution in [0.5, 0.6) is 17.2 Å². The standard InChI is InChI=1S/C34H45FN2O5/c1-6-37(23-24-10-13-32(30(35)18-24)42-17-15-36(2)14-16-39-3)31-22-34(41-5)33(40-4)21-29(31)27-12-11-26-20-28(38)9-7-8-25(26)19-27/h7-8,10,13,18,20-22,27,38H,6,9,11-12,14-17,19,23H2,1-5H3. The van der Waals surface area contributed by atoms with Gasteiger partial charge in [0.05, 0.1) is 26.6 Å². The fourth-order valence-electron chi connectivity index (χ4n) is 5.68. The summed E-state index contributed by atoms with van der Waals surface area (Å²) in [7, 11) is 6.97. The van der Waals surface area contributed by atoms with Gasteiger partial charge >= 0.3 is 0 Å². The Hall–Kier alpha value is -3.49. The van der Waals surface area contributed by atoms with Crippen molar-refractivity contribution in [2.24, 2.45) is 0 Å². The number of allylic oxidation sites excluding steroid dienone is 5. The highest BCUT2D eigenvalue weighted by atomic mass is 19.1. The van der Waals surface area contributed by atoms with Gasteiger partial charge in [-0.15, -0.1) is 0 Å². The lowest BCUT2D eigenvalue weighted by Gasteiger charge is -2.32. The molecule has 1 N–H and O–H groups in total. The third kappa shape index (κ3) is 7.86. The van der Waals surface area contributed by atoms with E-state index in [1.165, 1.54) is 16.7 Å². The van der Waals surface area contributed by atoms with E-state index < -0.39 is 0 Å². The van der Waals surface area contributed by atoms with Gasteiger partial charge < -0.3 is 33.9 Å². The molecule has 2 aliphatic rings. The number of rotatable bonds is 14. The van der Waals surface area contributed by atoms with Crippen molar-refractivity contribution in [2.45, 2.75) is 45.1 Å². The lowest BCUT2D eigenvalue weighted by Crippen LogP contribution is -2.27. The Morgan fingerprint density at radius 2 is 1.74 bits per heavy atom. The molecular formula is C34H45FN2O5. The van der Waals surface area contributed by atoms with Crippen LogP contribution in [0.25, 0.3) is 0 Å². The zero-order valence-corrected chi connectivity index (χ0v) is 25.6. The molecule has 0 radical (unpaired) electrons. The predicted octanol–water partition coefficient (Wildman–Crippen LogP) is 6.79. The lowest BCUT2D eigenvalue weighted by atomic mass is 9.79. The summed E-state index contributed by atoms with van der Waals surface area (Å²) in [5.41, 5.74) is 5.58. The number of methoxy groups -OCH3 is 3. The number of aliphatic hydroxyl groups is 1. The van der Waals surface area contributed by atoms with Crippen molar-refractivity contribution in [2.75, 3.05) is 66.1 Å². The first kappa shape index (κ1) is 31.4. The van der Waals surface area contributed by atoms with Crippen LogP contribution in [0, 0.1) is 5.82 Å². The number of likely N-dealkylation sites (N-methyl/N-ethyl adjacent to an activating group) is 1. The van der Waals surface area contributed by atoms with Gasteiger partial charge in [0.2, 0.25) is 0 Å². The summed E-state index contributed by atoms with van der Waals surface area (Å²) in [6, 6.07) is 9.37. The quantitative estimate of drug-likeness (QED) is 0.264. The van der Waals surface area contributed by atoms with Crippen LogP contribution in [0.4, 0.5) is 10.1 Å². The van der Waals surface area contributed by atoms with Crippen LogP contribution in [-0.2, 0) is 11.3 Å². The van der Waals surface area contributed by atoms with Gasteiger partial charge in [-0.25, -0.2) is 4.39 Å². The van der Waals surface area contributed by atoms with Gasteiger partial charge in [0.25, 0.3) is 0 Å². The van der Waals surface area contributed by atoms with Crippen molar-refractivity contribution in [3.63, 3.8) is 0 Å². The SMILES string of the molecule is CCN(Cc1ccc(OCCN(C)CCOC)c(F)c1)c1cc(OC)c(OC)cc1C1CCC2=C(C=CCC(O)=C2)C1. The Balaban J connectivity index is 1.56. The van der Waals surface area contributed by atoms with Crippen molar-refractivity contribution in [3.05, 3.63) is 82.4 Å². The van der Waals surface area contributed by atoms with Crippen LogP contribution in [0.15, 0.2) is 65.5 Å². The summed E-state index contributed by atoms with van der Waals surface area (Å²) in [5, 5.41) is 10.2. The summed E-state index contributed by atoms with van der Waals surface area (Å²) in [4.78, 5) is 4.35. The Morgan fingerprint density at radius 1 is 0.976 bits per heavy atom. The first-order valence-electron chi connectivity index (χ1n) is 14.7. The monoisotopic (exact) mass is 580 g/mol. The number of aliphatic hydroxyl groups excluding tert-OH is 1. The largest absolute Gasteiger partial charge is 0.512 e. The molecule has 1 unspecified atom stereocenters. The van der Waals surface area contributed by atoms with Crippen molar-refractivity contribution in [1.82, 2.24) is 4.90 Å². The fourth-order valence-corrected chi connectivity index (χ4v) is 5.68. The molecule has 0 aliphatic heterocycles. The molecule has 8 heteroatoms. The van der Waals surface area contributed by atoms with Crippen molar-refractivity contribution in [1.29, 1.82) is 0 Å². The number of anilines is 1.